The molecule has 0 aliphatic rings. The molecule has 20 heavy (non-hydrogen) atoms. The molecular formula is C16H15Br2ClO. The molecule has 2 aromatic carbocycles. The Hall–Kier alpha value is -0.350. The lowest BCUT2D eigenvalue weighted by Crippen LogP contribution is -2.13. The molecular weight excluding hydrogens is 403 g/mol. The molecule has 0 heterocycles. The second-order valence-corrected chi connectivity index (χ2v) is 7.06. The number of rotatable bonds is 5. The van der Waals surface area contributed by atoms with Crippen LogP contribution in [0.2, 0.25) is 5.02 Å². The first-order valence-electron chi connectivity index (χ1n) is 6.37. The van der Waals surface area contributed by atoms with Gasteiger partial charge in [0.15, 0.2) is 0 Å². The fraction of sp³-hybridized carbons (Fsp3) is 0.250. The second-order valence-electron chi connectivity index (χ2n) is 4.82. The van der Waals surface area contributed by atoms with Crippen LogP contribution in [0.3, 0.4) is 0 Å². The van der Waals surface area contributed by atoms with E-state index in [0.717, 1.165) is 32.4 Å². The van der Waals surface area contributed by atoms with Gasteiger partial charge in [-0.05, 0) is 54.2 Å². The minimum absolute atomic E-state index is 0.152. The monoisotopic (exact) mass is 416 g/mol. The predicted molar refractivity (Wildman–Crippen MR) is 91.3 cm³/mol. The van der Waals surface area contributed by atoms with Gasteiger partial charge >= 0.3 is 0 Å². The smallest absolute Gasteiger partial charge is 0.0465 e. The number of halogens is 3. The standard InChI is InChI=1S/C16H15Br2ClO/c17-14-3-1-2-11(8-14)6-12(10-20)7-13-4-5-15(18)9-16(13)19/h1-5,8-9,12,20H,6-7,10H2. The largest absolute Gasteiger partial charge is 0.396 e. The Labute approximate surface area is 141 Å². The van der Waals surface area contributed by atoms with Gasteiger partial charge in [-0.15, -0.1) is 0 Å². The quantitative estimate of drug-likeness (QED) is 0.702. The van der Waals surface area contributed by atoms with Crippen LogP contribution in [0.1, 0.15) is 11.1 Å². The summed E-state index contributed by atoms with van der Waals surface area (Å²) in [7, 11) is 0. The molecule has 0 saturated carbocycles. The summed E-state index contributed by atoms with van der Waals surface area (Å²) in [6.07, 6.45) is 1.61. The lowest BCUT2D eigenvalue weighted by molar-refractivity contribution is 0.225. The Morgan fingerprint density at radius 3 is 2.40 bits per heavy atom. The van der Waals surface area contributed by atoms with E-state index in [9.17, 15) is 5.11 Å². The van der Waals surface area contributed by atoms with E-state index in [0.29, 0.717) is 0 Å². The van der Waals surface area contributed by atoms with Crippen LogP contribution < -0.4 is 0 Å². The minimum Gasteiger partial charge on any atom is -0.396 e. The van der Waals surface area contributed by atoms with E-state index in [4.69, 9.17) is 11.6 Å². The zero-order valence-electron chi connectivity index (χ0n) is 10.8. The Morgan fingerprint density at radius 1 is 1.00 bits per heavy atom. The maximum absolute atomic E-state index is 9.60. The Bertz CT molecular complexity index is 586. The molecule has 106 valence electrons. The van der Waals surface area contributed by atoms with Crippen LogP contribution in [-0.4, -0.2) is 11.7 Å². The molecule has 2 rings (SSSR count). The first kappa shape index (κ1) is 16.0. The summed E-state index contributed by atoms with van der Waals surface area (Å²) in [5.74, 6) is 0.169. The molecule has 1 atom stereocenters. The molecule has 1 unspecified atom stereocenters. The molecule has 1 nitrogen and oxygen atoms in total. The molecule has 4 heteroatoms. The molecule has 0 bridgehead atoms. The number of benzene rings is 2. The van der Waals surface area contributed by atoms with Crippen molar-refractivity contribution in [1.82, 2.24) is 0 Å². The van der Waals surface area contributed by atoms with Gasteiger partial charge in [0.25, 0.3) is 0 Å². The first-order chi connectivity index (χ1) is 9.58. The minimum atomic E-state index is 0.152. The van der Waals surface area contributed by atoms with Gasteiger partial charge in [0.2, 0.25) is 0 Å². The molecule has 0 saturated heterocycles. The van der Waals surface area contributed by atoms with Crippen molar-refractivity contribution in [2.75, 3.05) is 6.61 Å². The van der Waals surface area contributed by atoms with Gasteiger partial charge in [-0.1, -0.05) is 61.7 Å². The number of hydrogen-bond acceptors (Lipinski definition) is 1. The third kappa shape index (κ3) is 4.59. The third-order valence-corrected chi connectivity index (χ3v) is 4.53. The summed E-state index contributed by atoms with van der Waals surface area (Å²) < 4.78 is 2.03. The fourth-order valence-electron chi connectivity index (χ4n) is 2.20. The van der Waals surface area contributed by atoms with Crippen LogP contribution in [-0.2, 0) is 12.8 Å². The highest BCUT2D eigenvalue weighted by atomic mass is 79.9. The van der Waals surface area contributed by atoms with Gasteiger partial charge in [-0.3, -0.25) is 0 Å². The van der Waals surface area contributed by atoms with Crippen LogP contribution in [0, 0.1) is 5.92 Å². The second kappa shape index (κ2) is 7.60. The van der Waals surface area contributed by atoms with E-state index in [1.165, 1.54) is 5.56 Å². The van der Waals surface area contributed by atoms with Crippen molar-refractivity contribution < 1.29 is 5.11 Å². The summed E-state index contributed by atoms with van der Waals surface area (Å²) in [5, 5.41) is 10.3. The van der Waals surface area contributed by atoms with E-state index >= 15 is 0 Å². The van der Waals surface area contributed by atoms with Crippen LogP contribution in [0.25, 0.3) is 0 Å². The highest BCUT2D eigenvalue weighted by Gasteiger charge is 2.12. The average Bonchev–Trinajstić information content (AvgIpc) is 2.41. The molecule has 0 spiro atoms. The third-order valence-electron chi connectivity index (χ3n) is 3.20. The normalized spacial score (nSPS) is 12.4. The maximum Gasteiger partial charge on any atom is 0.0465 e. The van der Waals surface area contributed by atoms with Crippen LogP contribution in [0.5, 0.6) is 0 Å². The van der Waals surface area contributed by atoms with Crippen molar-refractivity contribution in [3.8, 4) is 0 Å². The van der Waals surface area contributed by atoms with E-state index in [1.54, 1.807) is 0 Å². The van der Waals surface area contributed by atoms with E-state index in [1.807, 2.05) is 30.3 Å². The lowest BCUT2D eigenvalue weighted by Gasteiger charge is -2.15. The van der Waals surface area contributed by atoms with Crippen molar-refractivity contribution in [2.45, 2.75) is 12.8 Å². The molecule has 0 amide bonds. The zero-order valence-corrected chi connectivity index (χ0v) is 14.7. The van der Waals surface area contributed by atoms with Gasteiger partial charge in [0.1, 0.15) is 0 Å². The number of aliphatic hydroxyl groups excluding tert-OH is 1. The highest BCUT2D eigenvalue weighted by Crippen LogP contribution is 2.25. The predicted octanol–water partition coefficient (Wildman–Crippen LogP) is 5.26. The topological polar surface area (TPSA) is 20.2 Å². The van der Waals surface area contributed by atoms with Gasteiger partial charge in [0, 0.05) is 20.6 Å². The van der Waals surface area contributed by atoms with E-state index in [2.05, 4.69) is 44.0 Å². The number of aliphatic hydroxyl groups is 1. The summed E-state index contributed by atoms with van der Waals surface area (Å²) in [4.78, 5) is 0. The highest BCUT2D eigenvalue weighted by molar-refractivity contribution is 9.10. The van der Waals surface area contributed by atoms with Gasteiger partial charge in [-0.25, -0.2) is 0 Å². The van der Waals surface area contributed by atoms with Gasteiger partial charge < -0.3 is 5.11 Å². The van der Waals surface area contributed by atoms with Crippen molar-refractivity contribution in [1.29, 1.82) is 0 Å². The molecule has 0 fully saturated rings. The fourth-order valence-corrected chi connectivity index (χ4v) is 3.39. The zero-order chi connectivity index (χ0) is 14.5. The Kier molecular flexibility index (Phi) is 6.09. The summed E-state index contributed by atoms with van der Waals surface area (Å²) in [5.41, 5.74) is 2.29. The number of hydrogen-bond donors (Lipinski definition) is 1. The molecule has 0 radical (unpaired) electrons. The summed E-state index contributed by atoms with van der Waals surface area (Å²) >= 11 is 13.1. The van der Waals surface area contributed by atoms with E-state index < -0.39 is 0 Å². The lowest BCUT2D eigenvalue weighted by atomic mass is 9.93. The van der Waals surface area contributed by atoms with Crippen molar-refractivity contribution >= 4 is 43.5 Å². The van der Waals surface area contributed by atoms with Crippen molar-refractivity contribution in [3.63, 3.8) is 0 Å². The molecule has 2 aromatic rings. The van der Waals surface area contributed by atoms with Crippen LogP contribution in [0.15, 0.2) is 51.4 Å². The molecule has 0 aliphatic carbocycles. The van der Waals surface area contributed by atoms with Crippen LogP contribution >= 0.6 is 43.5 Å². The Balaban J connectivity index is 2.09. The first-order valence-corrected chi connectivity index (χ1v) is 8.34. The van der Waals surface area contributed by atoms with Crippen molar-refractivity contribution in [3.05, 3.63) is 67.6 Å². The molecule has 0 aromatic heterocycles. The van der Waals surface area contributed by atoms with Gasteiger partial charge in [-0.2, -0.15) is 0 Å². The Morgan fingerprint density at radius 2 is 1.75 bits per heavy atom. The van der Waals surface area contributed by atoms with E-state index in [-0.39, 0.29) is 12.5 Å². The molecule has 1 N–H and O–H groups in total. The SMILES string of the molecule is OCC(Cc1cccc(Br)c1)Cc1ccc(Br)cc1Cl. The van der Waals surface area contributed by atoms with Crippen molar-refractivity contribution in [2.24, 2.45) is 5.92 Å². The van der Waals surface area contributed by atoms with Crippen LogP contribution in [0.4, 0.5) is 0 Å². The van der Waals surface area contributed by atoms with Gasteiger partial charge in [0.05, 0.1) is 0 Å². The maximum atomic E-state index is 9.60. The average molecular weight is 419 g/mol. The summed E-state index contributed by atoms with van der Waals surface area (Å²) in [6, 6.07) is 14.1. The molecule has 0 aliphatic heterocycles. The summed E-state index contributed by atoms with van der Waals surface area (Å²) in [6.45, 7) is 0.152.